The summed E-state index contributed by atoms with van der Waals surface area (Å²) in [6.45, 7) is 4.22. The summed E-state index contributed by atoms with van der Waals surface area (Å²) in [7, 11) is 0. The third-order valence-electron chi connectivity index (χ3n) is 4.09. The zero-order valence-corrected chi connectivity index (χ0v) is 11.8. The molecule has 3 aromatic rings. The Morgan fingerprint density at radius 2 is 2.20 bits per heavy atom. The minimum absolute atomic E-state index is 0.679. The van der Waals surface area contributed by atoms with Gasteiger partial charge in [0.25, 0.3) is 0 Å². The maximum Gasteiger partial charge on any atom is 0.140 e. The normalized spacial score (nSPS) is 15.1. The molecule has 0 aromatic carbocycles. The summed E-state index contributed by atoms with van der Waals surface area (Å²) >= 11 is 0. The molecule has 0 saturated heterocycles. The first kappa shape index (κ1) is 11.7. The van der Waals surface area contributed by atoms with Gasteiger partial charge in [-0.15, -0.1) is 0 Å². The summed E-state index contributed by atoms with van der Waals surface area (Å²) in [5.41, 5.74) is 7.20. The Kier molecular flexibility index (Phi) is 2.46. The Morgan fingerprint density at radius 3 is 2.95 bits per heavy atom. The van der Waals surface area contributed by atoms with Crippen LogP contribution in [-0.4, -0.2) is 19.6 Å². The molecule has 0 radical (unpaired) electrons. The number of aromatic amines is 1. The van der Waals surface area contributed by atoms with Gasteiger partial charge in [-0.05, 0) is 37.8 Å². The predicted octanol–water partition coefficient (Wildman–Crippen LogP) is 3.47. The van der Waals surface area contributed by atoms with Crippen LogP contribution in [0.2, 0.25) is 0 Å². The van der Waals surface area contributed by atoms with Gasteiger partial charge in [-0.25, -0.2) is 4.98 Å². The average Bonchev–Trinajstić information content (AvgIpc) is 3.04. The largest absolute Gasteiger partial charge is 0.306 e. The van der Waals surface area contributed by atoms with Crippen molar-refractivity contribution in [3.8, 4) is 11.1 Å². The Hall–Kier alpha value is -2.10. The van der Waals surface area contributed by atoms with E-state index in [4.69, 9.17) is 0 Å². The van der Waals surface area contributed by atoms with Crippen molar-refractivity contribution in [2.45, 2.75) is 39.0 Å². The van der Waals surface area contributed by atoms with Gasteiger partial charge in [0.05, 0.1) is 11.9 Å². The molecule has 1 saturated carbocycles. The van der Waals surface area contributed by atoms with Gasteiger partial charge in [-0.3, -0.25) is 5.10 Å². The van der Waals surface area contributed by atoms with E-state index in [2.05, 4.69) is 45.0 Å². The number of imidazole rings is 1. The Labute approximate surface area is 117 Å². The molecule has 0 bridgehead atoms. The number of nitrogens with zero attached hydrogens (tertiary/aromatic N) is 3. The van der Waals surface area contributed by atoms with E-state index >= 15 is 0 Å². The van der Waals surface area contributed by atoms with Crippen LogP contribution < -0.4 is 0 Å². The van der Waals surface area contributed by atoms with E-state index in [0.717, 1.165) is 17.8 Å². The molecular weight excluding hydrogens is 248 g/mol. The topological polar surface area (TPSA) is 46.0 Å². The van der Waals surface area contributed by atoms with E-state index in [9.17, 15) is 0 Å². The fraction of sp³-hybridized carbons (Fsp3) is 0.375. The quantitative estimate of drug-likeness (QED) is 0.789. The van der Waals surface area contributed by atoms with Crippen LogP contribution in [0.3, 0.4) is 0 Å². The summed E-state index contributed by atoms with van der Waals surface area (Å²) < 4.78 is 2.15. The van der Waals surface area contributed by atoms with E-state index in [1.165, 1.54) is 35.2 Å². The van der Waals surface area contributed by atoms with Crippen LogP contribution in [-0.2, 0) is 6.42 Å². The third kappa shape index (κ3) is 1.75. The van der Waals surface area contributed by atoms with E-state index < -0.39 is 0 Å². The molecule has 0 atom stereocenters. The monoisotopic (exact) mass is 266 g/mol. The second-order valence-electron chi connectivity index (χ2n) is 5.69. The van der Waals surface area contributed by atoms with Gasteiger partial charge in [-0.1, -0.05) is 6.92 Å². The van der Waals surface area contributed by atoms with Crippen LogP contribution in [0.1, 0.15) is 42.6 Å². The molecule has 0 unspecified atom stereocenters. The van der Waals surface area contributed by atoms with E-state index in [1.54, 1.807) is 0 Å². The number of H-pyrrole nitrogens is 1. The molecule has 4 heteroatoms. The smallest absolute Gasteiger partial charge is 0.140 e. The lowest BCUT2D eigenvalue weighted by molar-refractivity contribution is 0.966. The van der Waals surface area contributed by atoms with Crippen molar-refractivity contribution in [2.75, 3.05) is 0 Å². The maximum atomic E-state index is 4.62. The number of aryl methyl sites for hydroxylation is 2. The first-order chi connectivity index (χ1) is 9.76. The predicted molar refractivity (Wildman–Crippen MR) is 78.9 cm³/mol. The Balaban J connectivity index is 1.92. The lowest BCUT2D eigenvalue weighted by Gasteiger charge is -2.07. The van der Waals surface area contributed by atoms with Gasteiger partial charge < -0.3 is 4.40 Å². The van der Waals surface area contributed by atoms with Gasteiger partial charge in [0.15, 0.2) is 0 Å². The summed E-state index contributed by atoms with van der Waals surface area (Å²) in [6, 6.07) is 2.26. The molecule has 0 amide bonds. The van der Waals surface area contributed by atoms with E-state index in [0.29, 0.717) is 5.92 Å². The number of fused-ring (bicyclic) bond motifs is 1. The highest BCUT2D eigenvalue weighted by atomic mass is 15.1. The van der Waals surface area contributed by atoms with Crippen molar-refractivity contribution in [3.05, 3.63) is 41.6 Å². The number of rotatable bonds is 3. The number of hydrogen-bond acceptors (Lipinski definition) is 2. The van der Waals surface area contributed by atoms with E-state index in [-0.39, 0.29) is 0 Å². The van der Waals surface area contributed by atoms with Crippen molar-refractivity contribution in [3.63, 3.8) is 0 Å². The summed E-state index contributed by atoms with van der Waals surface area (Å²) in [6.07, 6.45) is 9.77. The summed E-state index contributed by atoms with van der Waals surface area (Å²) in [5, 5.41) is 7.43. The minimum Gasteiger partial charge on any atom is -0.306 e. The van der Waals surface area contributed by atoms with E-state index in [1.807, 2.05) is 13.1 Å². The van der Waals surface area contributed by atoms with Crippen LogP contribution in [0.15, 0.2) is 24.7 Å². The molecule has 4 nitrogen and oxygen atoms in total. The van der Waals surface area contributed by atoms with Gasteiger partial charge in [0, 0.05) is 35.1 Å². The molecule has 102 valence electrons. The average molecular weight is 266 g/mol. The Bertz CT molecular complexity index is 777. The van der Waals surface area contributed by atoms with Crippen molar-refractivity contribution < 1.29 is 0 Å². The lowest BCUT2D eigenvalue weighted by Crippen LogP contribution is -1.94. The van der Waals surface area contributed by atoms with Crippen LogP contribution in [0.4, 0.5) is 0 Å². The molecule has 3 aromatic heterocycles. The van der Waals surface area contributed by atoms with Crippen molar-refractivity contribution in [1.29, 1.82) is 0 Å². The second-order valence-corrected chi connectivity index (χ2v) is 5.69. The molecule has 0 spiro atoms. The Morgan fingerprint density at radius 1 is 1.35 bits per heavy atom. The molecule has 3 heterocycles. The van der Waals surface area contributed by atoms with Crippen molar-refractivity contribution in [2.24, 2.45) is 0 Å². The molecular formula is C16H18N4. The maximum absolute atomic E-state index is 4.62. The fourth-order valence-electron chi connectivity index (χ4n) is 2.91. The number of hydrogen-bond donors (Lipinski definition) is 1. The zero-order chi connectivity index (χ0) is 13.7. The molecule has 1 aliphatic rings. The van der Waals surface area contributed by atoms with Gasteiger partial charge in [-0.2, -0.15) is 5.10 Å². The van der Waals surface area contributed by atoms with Gasteiger partial charge in [0.2, 0.25) is 0 Å². The summed E-state index contributed by atoms with van der Waals surface area (Å²) in [4.78, 5) is 4.62. The molecule has 4 rings (SSSR count). The lowest BCUT2D eigenvalue weighted by atomic mass is 10.0. The number of nitrogens with one attached hydrogen (secondary N) is 1. The molecule has 20 heavy (non-hydrogen) atoms. The van der Waals surface area contributed by atoms with Crippen molar-refractivity contribution >= 4 is 5.65 Å². The first-order valence-electron chi connectivity index (χ1n) is 7.28. The van der Waals surface area contributed by atoms with Crippen molar-refractivity contribution in [1.82, 2.24) is 19.6 Å². The fourth-order valence-corrected chi connectivity index (χ4v) is 2.91. The SMILES string of the molecule is CCc1cc(-c2cn[nH]c2C2CC2)cn2cc(C)nc12. The number of pyridine rings is 1. The highest BCUT2D eigenvalue weighted by molar-refractivity contribution is 5.69. The number of aromatic nitrogens is 4. The first-order valence-corrected chi connectivity index (χ1v) is 7.28. The second kappa shape index (κ2) is 4.20. The van der Waals surface area contributed by atoms with Crippen LogP contribution >= 0.6 is 0 Å². The van der Waals surface area contributed by atoms with Crippen LogP contribution in [0, 0.1) is 6.92 Å². The van der Waals surface area contributed by atoms with Crippen LogP contribution in [0.25, 0.3) is 16.8 Å². The standard InChI is InChI=1S/C16H18N4/c1-3-11-6-13(9-20-8-10(2)18-16(11)20)14-7-17-19-15(14)12-4-5-12/h6-9,12H,3-5H2,1-2H3,(H,17,19). The molecule has 1 fully saturated rings. The van der Waals surface area contributed by atoms with Gasteiger partial charge in [0.1, 0.15) is 5.65 Å². The highest BCUT2D eigenvalue weighted by Gasteiger charge is 2.28. The molecule has 0 aliphatic heterocycles. The molecule has 1 N–H and O–H groups in total. The minimum atomic E-state index is 0.679. The third-order valence-corrected chi connectivity index (χ3v) is 4.09. The zero-order valence-electron chi connectivity index (χ0n) is 11.8. The molecule has 1 aliphatic carbocycles. The highest BCUT2D eigenvalue weighted by Crippen LogP contribution is 2.43. The van der Waals surface area contributed by atoms with Gasteiger partial charge >= 0.3 is 0 Å². The summed E-state index contributed by atoms with van der Waals surface area (Å²) in [5.74, 6) is 0.679. The van der Waals surface area contributed by atoms with Crippen LogP contribution in [0.5, 0.6) is 0 Å².